The quantitative estimate of drug-likeness (QED) is 0.414. The monoisotopic (exact) mass is 348 g/mol. The van der Waals surface area contributed by atoms with E-state index >= 15 is 0 Å². The smallest absolute Gasteiger partial charge is 0.214 e. The maximum atomic E-state index is 12.8. The third kappa shape index (κ3) is 1.40. The topological polar surface area (TPSA) is 34.9 Å². The molecule has 22 heavy (non-hydrogen) atoms. The number of halogens is 1. The number of fused-ring (bicyclic) bond motifs is 7. The minimum absolute atomic E-state index is 0.0379. The summed E-state index contributed by atoms with van der Waals surface area (Å²) in [4.78, 5) is 17.5. The van der Waals surface area contributed by atoms with Crippen molar-refractivity contribution in [1.29, 1.82) is 0 Å². The summed E-state index contributed by atoms with van der Waals surface area (Å²) >= 11 is 3.47. The lowest BCUT2D eigenvalue weighted by molar-refractivity contribution is 0.104. The molecule has 0 saturated heterocycles. The zero-order chi connectivity index (χ0) is 14.8. The van der Waals surface area contributed by atoms with Crippen LogP contribution in [0.3, 0.4) is 0 Å². The molecule has 0 fully saturated rings. The largest absolute Gasteiger partial charge is 0.311 e. The molecule has 0 atom stereocenters. The van der Waals surface area contributed by atoms with Crippen LogP contribution in [-0.2, 0) is 0 Å². The summed E-state index contributed by atoms with van der Waals surface area (Å²) in [5.41, 5.74) is 5.02. The number of nitrogens with zero attached hydrogens (tertiary/aromatic N) is 2. The summed E-state index contributed by atoms with van der Waals surface area (Å²) in [6, 6.07) is 15.8. The minimum Gasteiger partial charge on any atom is -0.311 e. The Bertz CT molecular complexity index is 1060. The molecule has 0 bridgehead atoms. The normalized spacial score (nSPS) is 12.9. The summed E-state index contributed by atoms with van der Waals surface area (Å²) in [6.07, 6.45) is 1.96. The second-order valence-corrected chi connectivity index (χ2v) is 6.33. The highest BCUT2D eigenvalue weighted by Crippen LogP contribution is 2.39. The number of carbonyl (C=O) groups excluding carboxylic acids is 1. The summed E-state index contributed by atoms with van der Waals surface area (Å²) < 4.78 is 2.90. The van der Waals surface area contributed by atoms with E-state index in [4.69, 9.17) is 0 Å². The maximum absolute atomic E-state index is 12.8. The van der Waals surface area contributed by atoms with Crippen molar-refractivity contribution in [3.63, 3.8) is 0 Å². The van der Waals surface area contributed by atoms with E-state index in [-0.39, 0.29) is 5.78 Å². The average Bonchev–Trinajstić information content (AvgIpc) is 3.03. The molecule has 2 aromatic carbocycles. The number of carbonyl (C=O) groups is 1. The van der Waals surface area contributed by atoms with Crippen molar-refractivity contribution in [1.82, 2.24) is 9.55 Å². The van der Waals surface area contributed by atoms with Gasteiger partial charge in [-0.2, -0.15) is 0 Å². The number of rotatable bonds is 0. The van der Waals surface area contributed by atoms with Crippen LogP contribution in [0.2, 0.25) is 0 Å². The highest BCUT2D eigenvalue weighted by atomic mass is 79.9. The average molecular weight is 349 g/mol. The first-order valence-electron chi connectivity index (χ1n) is 6.98. The van der Waals surface area contributed by atoms with Crippen LogP contribution < -0.4 is 0 Å². The van der Waals surface area contributed by atoms with Gasteiger partial charge in [0.2, 0.25) is 5.78 Å². The van der Waals surface area contributed by atoms with Gasteiger partial charge in [-0.25, -0.2) is 4.98 Å². The first-order chi connectivity index (χ1) is 10.7. The molecule has 0 amide bonds. The fourth-order valence-electron chi connectivity index (χ4n) is 3.24. The van der Waals surface area contributed by atoms with Crippen molar-refractivity contribution < 1.29 is 4.79 Å². The van der Waals surface area contributed by atoms with Crippen LogP contribution in [0.15, 0.2) is 59.2 Å². The van der Waals surface area contributed by atoms with Crippen LogP contribution in [0.4, 0.5) is 0 Å². The first-order valence-corrected chi connectivity index (χ1v) is 7.78. The van der Waals surface area contributed by atoms with Crippen molar-refractivity contribution in [3.05, 3.63) is 70.5 Å². The standard InChI is InChI=1S/C18H9BrN2O/c19-10-5-6-13-15(9-10)21-8-7-12-11-3-1-2-4-14(11)20-16(12)17(21)18(13)22/h1-9H. The van der Waals surface area contributed by atoms with Crippen LogP contribution in [0.25, 0.3) is 27.8 Å². The molecule has 104 valence electrons. The fourth-order valence-corrected chi connectivity index (χ4v) is 3.58. The van der Waals surface area contributed by atoms with E-state index in [0.717, 1.165) is 37.9 Å². The predicted molar refractivity (Wildman–Crippen MR) is 88.8 cm³/mol. The number of ketones is 1. The second-order valence-electron chi connectivity index (χ2n) is 5.42. The molecular formula is C18H9BrN2O. The number of aromatic nitrogens is 2. The van der Waals surface area contributed by atoms with Gasteiger partial charge < -0.3 is 4.57 Å². The number of hydrogen-bond acceptors (Lipinski definition) is 2. The lowest BCUT2D eigenvalue weighted by atomic mass is 10.0. The SMILES string of the molecule is O=C1c2ccc(Br)cc2-n2ccc3c4ccccc4nc-3c21. The van der Waals surface area contributed by atoms with Crippen LogP contribution in [0.5, 0.6) is 0 Å². The third-order valence-corrected chi connectivity index (χ3v) is 4.71. The highest BCUT2D eigenvalue weighted by molar-refractivity contribution is 9.10. The molecule has 0 saturated carbocycles. The molecular weight excluding hydrogens is 340 g/mol. The number of hydrogen-bond donors (Lipinski definition) is 0. The Morgan fingerprint density at radius 2 is 1.86 bits per heavy atom. The Morgan fingerprint density at radius 1 is 1.00 bits per heavy atom. The summed E-state index contributed by atoms with van der Waals surface area (Å²) in [7, 11) is 0. The lowest BCUT2D eigenvalue weighted by Gasteiger charge is -2.08. The van der Waals surface area contributed by atoms with Gasteiger partial charge in [0.05, 0.1) is 16.9 Å². The van der Waals surface area contributed by atoms with Crippen molar-refractivity contribution in [2.24, 2.45) is 0 Å². The molecule has 2 aromatic rings. The van der Waals surface area contributed by atoms with Gasteiger partial charge in [0.1, 0.15) is 5.69 Å². The minimum atomic E-state index is 0.0379. The Kier molecular flexibility index (Phi) is 2.23. The molecule has 0 spiro atoms. The molecule has 0 aromatic heterocycles. The van der Waals surface area contributed by atoms with Gasteiger partial charge in [0.25, 0.3) is 0 Å². The third-order valence-electron chi connectivity index (χ3n) is 4.22. The Morgan fingerprint density at radius 3 is 2.77 bits per heavy atom. The molecule has 0 N–H and O–H groups in total. The van der Waals surface area contributed by atoms with Crippen molar-refractivity contribution >= 4 is 32.6 Å². The van der Waals surface area contributed by atoms with Gasteiger partial charge in [0, 0.05) is 27.2 Å². The summed E-state index contributed by atoms with van der Waals surface area (Å²) in [5, 5.41) is 1.09. The van der Waals surface area contributed by atoms with E-state index in [0.29, 0.717) is 5.69 Å². The van der Waals surface area contributed by atoms with E-state index in [1.807, 2.05) is 59.3 Å². The summed E-state index contributed by atoms with van der Waals surface area (Å²) in [6.45, 7) is 0. The van der Waals surface area contributed by atoms with Crippen molar-refractivity contribution in [3.8, 4) is 16.9 Å². The van der Waals surface area contributed by atoms with E-state index < -0.39 is 0 Å². The predicted octanol–water partition coefficient (Wildman–Crippen LogP) is 4.44. The van der Waals surface area contributed by atoms with Gasteiger partial charge in [-0.05, 0) is 30.3 Å². The Labute approximate surface area is 134 Å². The molecule has 3 nitrogen and oxygen atoms in total. The Balaban J connectivity index is 1.92. The molecule has 0 radical (unpaired) electrons. The van der Waals surface area contributed by atoms with Crippen molar-refractivity contribution in [2.75, 3.05) is 0 Å². The number of pyridine rings is 1. The number of benzene rings is 2. The maximum Gasteiger partial charge on any atom is 0.214 e. The van der Waals surface area contributed by atoms with Gasteiger partial charge in [0.15, 0.2) is 0 Å². The van der Waals surface area contributed by atoms with Gasteiger partial charge in [-0.1, -0.05) is 34.1 Å². The van der Waals surface area contributed by atoms with Crippen LogP contribution in [0, 0.1) is 0 Å². The second kappa shape index (κ2) is 4.05. The first kappa shape index (κ1) is 12.1. The molecule has 5 rings (SSSR count). The van der Waals surface area contributed by atoms with Crippen molar-refractivity contribution in [2.45, 2.75) is 0 Å². The van der Waals surface area contributed by atoms with Gasteiger partial charge in [-0.15, -0.1) is 0 Å². The zero-order valence-electron chi connectivity index (χ0n) is 11.4. The van der Waals surface area contributed by atoms with Crippen LogP contribution in [-0.4, -0.2) is 15.3 Å². The molecule has 0 aliphatic carbocycles. The molecule has 4 heteroatoms. The van der Waals surface area contributed by atoms with Crippen LogP contribution in [0.1, 0.15) is 16.1 Å². The number of para-hydroxylation sites is 1. The van der Waals surface area contributed by atoms with E-state index in [9.17, 15) is 4.79 Å². The fraction of sp³-hybridized carbons (Fsp3) is 0. The Hall–Kier alpha value is -2.46. The van der Waals surface area contributed by atoms with E-state index in [2.05, 4.69) is 20.9 Å². The zero-order valence-corrected chi connectivity index (χ0v) is 13.0. The molecule has 3 heterocycles. The van der Waals surface area contributed by atoms with Gasteiger partial charge >= 0.3 is 0 Å². The summed E-state index contributed by atoms with van der Waals surface area (Å²) in [5.74, 6) is 0.0379. The van der Waals surface area contributed by atoms with E-state index in [1.165, 1.54) is 0 Å². The molecule has 0 unspecified atom stereocenters. The molecule has 3 aliphatic rings. The lowest BCUT2D eigenvalue weighted by Crippen LogP contribution is -2.03. The van der Waals surface area contributed by atoms with Gasteiger partial charge in [-0.3, -0.25) is 4.79 Å². The van der Waals surface area contributed by atoms with Crippen LogP contribution >= 0.6 is 15.9 Å². The van der Waals surface area contributed by atoms with E-state index in [1.54, 1.807) is 0 Å². The molecule has 3 aliphatic heterocycles. The highest BCUT2D eigenvalue weighted by Gasteiger charge is 2.31.